The summed E-state index contributed by atoms with van der Waals surface area (Å²) in [6.45, 7) is 3.58. The molecule has 0 saturated carbocycles. The van der Waals surface area contributed by atoms with Gasteiger partial charge in [0.05, 0.1) is 10.6 Å². The first-order chi connectivity index (χ1) is 11.5. The van der Waals surface area contributed by atoms with Gasteiger partial charge in [-0.25, -0.2) is 8.42 Å². The van der Waals surface area contributed by atoms with Crippen molar-refractivity contribution in [2.75, 3.05) is 25.5 Å². The van der Waals surface area contributed by atoms with Crippen LogP contribution in [0, 0.1) is 0 Å². The maximum Gasteiger partial charge on any atom is 0.221 e. The standard InChI is InChI=1S/C17H25NO5S/c1-2-3-4-5-9-18-17(19)8-12-24(20,21)14-6-7-15-16(13-14)23-11-10-22-15/h6-7,13H,2-5,8-12H2,1H3,(H,18,19). The molecule has 1 aromatic carbocycles. The summed E-state index contributed by atoms with van der Waals surface area (Å²) in [7, 11) is -3.52. The number of fused-ring (bicyclic) bond motifs is 1. The zero-order chi connectivity index (χ0) is 17.4. The van der Waals surface area contributed by atoms with Gasteiger partial charge in [-0.2, -0.15) is 0 Å². The summed E-state index contributed by atoms with van der Waals surface area (Å²) in [6, 6.07) is 4.55. The topological polar surface area (TPSA) is 81.7 Å². The summed E-state index contributed by atoms with van der Waals surface area (Å²) in [5.74, 6) is 0.535. The summed E-state index contributed by atoms with van der Waals surface area (Å²) < 4.78 is 35.5. The summed E-state index contributed by atoms with van der Waals surface area (Å²) in [5, 5.41) is 2.77. The van der Waals surface area contributed by atoms with Crippen molar-refractivity contribution in [3.05, 3.63) is 18.2 Å². The molecule has 0 spiro atoms. The van der Waals surface area contributed by atoms with E-state index in [-0.39, 0.29) is 23.0 Å². The third-order valence-electron chi connectivity index (χ3n) is 3.82. The Labute approximate surface area is 143 Å². The second-order valence-corrected chi connectivity index (χ2v) is 7.89. The Kier molecular flexibility index (Phi) is 6.90. The molecule has 1 amide bonds. The number of rotatable bonds is 9. The van der Waals surface area contributed by atoms with Crippen LogP contribution in [0.15, 0.2) is 23.1 Å². The van der Waals surface area contributed by atoms with Crippen molar-refractivity contribution in [3.8, 4) is 11.5 Å². The highest BCUT2D eigenvalue weighted by Crippen LogP contribution is 2.32. The SMILES string of the molecule is CCCCCCNC(=O)CCS(=O)(=O)c1ccc2c(c1)OCCO2. The van der Waals surface area contributed by atoms with E-state index in [0.717, 1.165) is 25.7 Å². The van der Waals surface area contributed by atoms with E-state index in [4.69, 9.17) is 9.47 Å². The predicted octanol–water partition coefficient (Wildman–Crippen LogP) is 2.32. The maximum absolute atomic E-state index is 12.4. The largest absolute Gasteiger partial charge is 0.486 e. The average molecular weight is 355 g/mol. The minimum atomic E-state index is -3.52. The van der Waals surface area contributed by atoms with Gasteiger partial charge in [0.15, 0.2) is 21.3 Å². The Morgan fingerprint density at radius 3 is 2.62 bits per heavy atom. The van der Waals surface area contributed by atoms with Crippen molar-refractivity contribution in [3.63, 3.8) is 0 Å². The van der Waals surface area contributed by atoms with Gasteiger partial charge in [-0.15, -0.1) is 0 Å². The molecule has 1 aliphatic rings. The molecule has 24 heavy (non-hydrogen) atoms. The van der Waals surface area contributed by atoms with Crippen LogP contribution in [0.3, 0.4) is 0 Å². The van der Waals surface area contributed by atoms with Crippen LogP contribution in [0.4, 0.5) is 0 Å². The van der Waals surface area contributed by atoms with E-state index in [1.807, 2.05) is 0 Å². The summed E-state index contributed by atoms with van der Waals surface area (Å²) in [4.78, 5) is 11.9. The Bertz CT molecular complexity index is 657. The van der Waals surface area contributed by atoms with Crippen LogP contribution in [-0.2, 0) is 14.6 Å². The molecular weight excluding hydrogens is 330 g/mol. The molecule has 1 aliphatic heterocycles. The number of benzene rings is 1. The number of hydrogen-bond acceptors (Lipinski definition) is 5. The Morgan fingerprint density at radius 1 is 1.12 bits per heavy atom. The minimum absolute atomic E-state index is 0.0371. The monoisotopic (exact) mass is 355 g/mol. The molecule has 0 fully saturated rings. The second kappa shape index (κ2) is 8.92. The van der Waals surface area contributed by atoms with Gasteiger partial charge in [0.1, 0.15) is 13.2 Å². The molecule has 0 aliphatic carbocycles. The molecule has 0 bridgehead atoms. The molecule has 0 radical (unpaired) electrons. The Morgan fingerprint density at radius 2 is 1.88 bits per heavy atom. The van der Waals surface area contributed by atoms with Crippen molar-refractivity contribution < 1.29 is 22.7 Å². The fourth-order valence-corrected chi connectivity index (χ4v) is 3.68. The molecule has 0 aromatic heterocycles. The lowest BCUT2D eigenvalue weighted by Crippen LogP contribution is -2.26. The number of nitrogens with one attached hydrogen (secondary N) is 1. The lowest BCUT2D eigenvalue weighted by molar-refractivity contribution is -0.120. The number of hydrogen-bond donors (Lipinski definition) is 1. The molecule has 1 heterocycles. The van der Waals surface area contributed by atoms with Crippen LogP contribution in [0.1, 0.15) is 39.0 Å². The third kappa shape index (κ3) is 5.40. The van der Waals surface area contributed by atoms with Crippen LogP contribution in [0.5, 0.6) is 11.5 Å². The van der Waals surface area contributed by atoms with Crippen LogP contribution in [0.25, 0.3) is 0 Å². The van der Waals surface area contributed by atoms with Crippen LogP contribution in [-0.4, -0.2) is 39.8 Å². The van der Waals surface area contributed by atoms with E-state index in [0.29, 0.717) is 31.3 Å². The van der Waals surface area contributed by atoms with Crippen molar-refractivity contribution >= 4 is 15.7 Å². The molecular formula is C17H25NO5S. The fourth-order valence-electron chi connectivity index (χ4n) is 2.43. The smallest absolute Gasteiger partial charge is 0.221 e. The van der Waals surface area contributed by atoms with E-state index in [9.17, 15) is 13.2 Å². The summed E-state index contributed by atoms with van der Waals surface area (Å²) >= 11 is 0. The van der Waals surface area contributed by atoms with Crippen molar-refractivity contribution in [1.82, 2.24) is 5.32 Å². The van der Waals surface area contributed by atoms with Crippen molar-refractivity contribution in [2.45, 2.75) is 43.9 Å². The lowest BCUT2D eigenvalue weighted by Gasteiger charge is -2.18. The highest BCUT2D eigenvalue weighted by molar-refractivity contribution is 7.91. The van der Waals surface area contributed by atoms with Crippen molar-refractivity contribution in [1.29, 1.82) is 0 Å². The Hall–Kier alpha value is -1.76. The minimum Gasteiger partial charge on any atom is -0.486 e. The first-order valence-electron chi connectivity index (χ1n) is 8.42. The summed E-state index contributed by atoms with van der Waals surface area (Å²) in [6.07, 6.45) is 4.25. The molecule has 0 unspecified atom stereocenters. The van der Waals surface area contributed by atoms with Gasteiger partial charge >= 0.3 is 0 Å². The van der Waals surface area contributed by atoms with Gasteiger partial charge in [-0.3, -0.25) is 4.79 Å². The van der Waals surface area contributed by atoms with Gasteiger partial charge in [0.2, 0.25) is 5.91 Å². The zero-order valence-corrected chi connectivity index (χ0v) is 14.9. The number of carbonyl (C=O) groups is 1. The molecule has 7 heteroatoms. The van der Waals surface area contributed by atoms with Gasteiger partial charge in [0, 0.05) is 19.0 Å². The highest BCUT2D eigenvalue weighted by Gasteiger charge is 2.20. The van der Waals surface area contributed by atoms with E-state index in [1.54, 1.807) is 6.07 Å². The van der Waals surface area contributed by atoms with Gasteiger partial charge in [-0.05, 0) is 18.6 Å². The highest BCUT2D eigenvalue weighted by atomic mass is 32.2. The number of ether oxygens (including phenoxy) is 2. The van der Waals surface area contributed by atoms with E-state index < -0.39 is 9.84 Å². The third-order valence-corrected chi connectivity index (χ3v) is 5.54. The van der Waals surface area contributed by atoms with Crippen LogP contribution < -0.4 is 14.8 Å². The van der Waals surface area contributed by atoms with Crippen LogP contribution in [0.2, 0.25) is 0 Å². The lowest BCUT2D eigenvalue weighted by atomic mass is 10.2. The number of amides is 1. The van der Waals surface area contributed by atoms with Gasteiger partial charge < -0.3 is 14.8 Å². The average Bonchev–Trinajstić information content (AvgIpc) is 2.59. The predicted molar refractivity (Wildman–Crippen MR) is 91.3 cm³/mol. The first-order valence-corrected chi connectivity index (χ1v) is 10.1. The van der Waals surface area contributed by atoms with Crippen LogP contribution >= 0.6 is 0 Å². The van der Waals surface area contributed by atoms with E-state index in [2.05, 4.69) is 12.2 Å². The molecule has 6 nitrogen and oxygen atoms in total. The maximum atomic E-state index is 12.4. The normalized spacial score (nSPS) is 13.5. The zero-order valence-electron chi connectivity index (χ0n) is 14.0. The first kappa shape index (κ1) is 18.6. The number of unbranched alkanes of at least 4 members (excludes halogenated alkanes) is 3. The fraction of sp³-hybridized carbons (Fsp3) is 0.588. The summed E-state index contributed by atoms with van der Waals surface area (Å²) in [5.41, 5.74) is 0. The Balaban J connectivity index is 1.84. The number of carbonyl (C=O) groups excluding carboxylic acids is 1. The van der Waals surface area contributed by atoms with E-state index in [1.165, 1.54) is 12.1 Å². The van der Waals surface area contributed by atoms with E-state index >= 15 is 0 Å². The molecule has 134 valence electrons. The molecule has 0 atom stereocenters. The van der Waals surface area contributed by atoms with Crippen molar-refractivity contribution in [2.24, 2.45) is 0 Å². The van der Waals surface area contributed by atoms with Gasteiger partial charge in [0.25, 0.3) is 0 Å². The quantitative estimate of drug-likeness (QED) is 0.688. The second-order valence-electron chi connectivity index (χ2n) is 5.78. The molecule has 2 rings (SSSR count). The van der Waals surface area contributed by atoms with Gasteiger partial charge in [-0.1, -0.05) is 26.2 Å². The molecule has 1 aromatic rings. The molecule has 0 saturated heterocycles. The number of sulfone groups is 1. The molecule has 1 N–H and O–H groups in total.